The number of hydrogen-bond donors (Lipinski definition) is 17. The Labute approximate surface area is 783 Å². The van der Waals surface area contributed by atoms with Crippen molar-refractivity contribution in [2.45, 2.75) is 339 Å². The number of amides is 5. The molecule has 12 N–H and O–H groups in total. The van der Waals surface area contributed by atoms with Crippen molar-refractivity contribution in [3.05, 3.63) is 0 Å². The normalized spacial score (nSPS) is 15.9. The van der Waals surface area contributed by atoms with Crippen molar-refractivity contribution in [3.63, 3.8) is 0 Å². The van der Waals surface area contributed by atoms with E-state index in [-0.39, 0.29) is 126 Å². The lowest BCUT2D eigenvalue weighted by atomic mass is 10.00. The molecule has 0 bridgehead atoms. The molecule has 2 fully saturated rings. The van der Waals surface area contributed by atoms with Crippen LogP contribution in [0.4, 0.5) is 0 Å². The second kappa shape index (κ2) is 82.7. The summed E-state index contributed by atoms with van der Waals surface area (Å²) in [7, 11) is 7.90. The quantitative estimate of drug-likeness (QED) is 0.0153. The minimum atomic E-state index is -1.14. The van der Waals surface area contributed by atoms with Gasteiger partial charge in [0, 0.05) is 145 Å². The van der Waals surface area contributed by atoms with Crippen LogP contribution in [-0.2, 0) is 52.7 Å². The Kier molecular flexibility index (Phi) is 92.8. The highest BCUT2D eigenvalue weighted by atomic mass is 33.1. The molecule has 2 aliphatic rings. The largest absolute Gasteiger partial charge is 0.857 e. The van der Waals surface area contributed by atoms with Gasteiger partial charge in [-0.1, -0.05) is 201 Å². The number of carbonyl (C=O) groups is 11. The number of nitrogens with two attached hydrogens (primary N) is 3. The molecule has 5 amide bonds. The van der Waals surface area contributed by atoms with Gasteiger partial charge >= 0.3 is 11.9 Å². The summed E-state index contributed by atoms with van der Waals surface area (Å²) in [5, 5.41) is 38.4. The van der Waals surface area contributed by atoms with E-state index >= 15 is 0 Å². The van der Waals surface area contributed by atoms with Crippen LogP contribution in [0.15, 0.2) is 0 Å². The van der Waals surface area contributed by atoms with E-state index in [4.69, 9.17) is 32.5 Å². The zero-order chi connectivity index (χ0) is 94.6. The van der Waals surface area contributed by atoms with Gasteiger partial charge in [0.1, 0.15) is 17.6 Å². The molecule has 0 aliphatic carbocycles. The number of ketones is 4. The first-order valence-electron chi connectivity index (χ1n) is 42.3. The number of nitrogens with one attached hydrogen (secondary N) is 4. The van der Waals surface area contributed by atoms with Crippen LogP contribution >= 0.6 is 144 Å². The van der Waals surface area contributed by atoms with Gasteiger partial charge in [-0.15, -0.1) is 0 Å². The fraction of sp³-hybridized carbons (Fsp3) is 0.871. The number of thiol groups is 8. The van der Waals surface area contributed by atoms with E-state index in [2.05, 4.69) is 239 Å². The Hall–Kier alpha value is -0.990. The van der Waals surface area contributed by atoms with E-state index in [9.17, 15) is 52.7 Å². The summed E-state index contributed by atoms with van der Waals surface area (Å²) in [5.41, 5.74) is 16.7. The highest BCUT2D eigenvalue weighted by Gasteiger charge is 2.33. The number of Topliss-reactive ketones (excluding diaryl/α,β-unsaturated/α-hetero) is 4. The van der Waals surface area contributed by atoms with E-state index in [0.717, 1.165) is 55.1 Å². The lowest BCUT2D eigenvalue weighted by molar-refractivity contribution is -0.325. The zero-order valence-corrected chi connectivity index (χ0v) is 88.1. The monoisotopic (exact) mass is 1910 g/mol. The fourth-order valence-electron chi connectivity index (χ4n) is 9.18. The van der Waals surface area contributed by atoms with Crippen molar-refractivity contribution in [3.8, 4) is 0 Å². The van der Waals surface area contributed by atoms with Crippen molar-refractivity contribution < 1.29 is 68.1 Å². The lowest BCUT2D eigenvalue weighted by Gasteiger charge is -2.29. The Morgan fingerprint density at radius 2 is 0.992 bits per heavy atom. The fourth-order valence-corrected chi connectivity index (χ4v) is 16.7. The molecule has 0 aromatic rings. The third-order valence-corrected chi connectivity index (χ3v) is 27.5. The van der Waals surface area contributed by atoms with Crippen molar-refractivity contribution in [2.75, 3.05) is 65.4 Å². The first-order chi connectivity index (χ1) is 55.0. The van der Waals surface area contributed by atoms with Gasteiger partial charge in [0.25, 0.3) is 0 Å². The molecule has 708 valence electrons. The summed E-state index contributed by atoms with van der Waals surface area (Å²) in [4.78, 5) is 127. The van der Waals surface area contributed by atoms with Crippen molar-refractivity contribution >= 4 is 209 Å². The maximum absolute atomic E-state index is 12.0. The van der Waals surface area contributed by atoms with Crippen molar-refractivity contribution in [2.24, 2.45) is 82.3 Å². The molecule has 2 aliphatic heterocycles. The Balaban J connectivity index is -0.000000199. The molecule has 10 unspecified atom stereocenters. The van der Waals surface area contributed by atoms with Crippen LogP contribution < -0.4 is 43.6 Å². The van der Waals surface area contributed by atoms with Gasteiger partial charge in [0.2, 0.25) is 29.5 Å². The van der Waals surface area contributed by atoms with Crippen LogP contribution in [-0.4, -0.2) is 209 Å². The minimum Gasteiger partial charge on any atom is -0.857 e. The Bertz CT molecular complexity index is 2620. The van der Waals surface area contributed by atoms with Gasteiger partial charge in [0.05, 0.1) is 22.7 Å². The van der Waals surface area contributed by atoms with E-state index < -0.39 is 40.7 Å². The molecule has 12 atom stereocenters. The highest BCUT2D eigenvalue weighted by Crippen LogP contribution is 2.40. The first-order valence-corrected chi connectivity index (χ1v) is 51.9. The van der Waals surface area contributed by atoms with Crippen LogP contribution in [0.1, 0.15) is 276 Å². The number of hydrogen-bond acceptors (Lipinski definition) is 27. The second-order valence-electron chi connectivity index (χ2n) is 34.0. The SMILES string of the molecule is CC(=O)CCC(=O)C(CS)NC(=O)CCC(N)C(C)C.CC(=O)C[C@@H](CSSC[C@H](NC(C)=O)C(C)C)C(=O)O.CC(C)C(C)S.CC(C)C(CS)NC(=O)C(C)(C)S.CC(C)C(N)CS.CC(C)CCC(=O)C(CS)NC(=O)CCC(N)C(=O)O.CC(C)CCCCC1CCSS1.CC(C)CS.CC(CS)C(=O)N1CCCC1C(C)C.C[O-]. The number of carbonyl (C=O) groups excluding carboxylic acids is 9. The van der Waals surface area contributed by atoms with E-state index in [1.165, 1.54) is 86.6 Å². The predicted octanol–water partition coefficient (Wildman–Crippen LogP) is 15.6. The minimum absolute atomic E-state index is 0.0186. The number of rotatable bonds is 46. The van der Waals surface area contributed by atoms with Gasteiger partial charge in [-0.05, 0) is 132 Å². The van der Waals surface area contributed by atoms with Gasteiger partial charge in [-0.25, -0.2) is 0 Å². The van der Waals surface area contributed by atoms with Crippen LogP contribution in [0, 0.1) is 65.1 Å². The molecule has 2 heterocycles. The van der Waals surface area contributed by atoms with E-state index in [1.807, 2.05) is 48.5 Å². The maximum Gasteiger partial charge on any atom is 0.320 e. The van der Waals surface area contributed by atoms with Crippen LogP contribution in [0.25, 0.3) is 0 Å². The molecule has 22 nitrogen and oxygen atoms in total. The summed E-state index contributed by atoms with van der Waals surface area (Å²) in [6.45, 7) is 51.0. The molecule has 2 saturated heterocycles. The summed E-state index contributed by atoms with van der Waals surface area (Å²) < 4.78 is -0.615. The predicted molar refractivity (Wildman–Crippen MR) is 539 cm³/mol. The molecule has 0 spiro atoms. The molecular formula is C85H171N8O14S12-. The number of carboxylic acids is 2. The van der Waals surface area contributed by atoms with Crippen molar-refractivity contribution in [1.29, 1.82) is 0 Å². The van der Waals surface area contributed by atoms with Crippen LogP contribution in [0.3, 0.4) is 0 Å². The number of likely N-dealkylation sites (tertiary alicyclic amines) is 1. The van der Waals surface area contributed by atoms with Crippen molar-refractivity contribution in [1.82, 2.24) is 26.2 Å². The summed E-state index contributed by atoms with van der Waals surface area (Å²) >= 11 is 32.9. The molecule has 0 radical (unpaired) electrons. The molecule has 34 heteroatoms. The molecule has 119 heavy (non-hydrogen) atoms. The Morgan fingerprint density at radius 1 is 0.521 bits per heavy atom. The molecule has 0 saturated carbocycles. The van der Waals surface area contributed by atoms with Gasteiger partial charge in [-0.2, -0.15) is 108 Å². The first kappa shape index (κ1) is 134. The number of aliphatic carboxylic acids is 2. The van der Waals surface area contributed by atoms with Crippen LogP contribution in [0.5, 0.6) is 0 Å². The molecular weight excluding hydrogens is 1740 g/mol. The third kappa shape index (κ3) is 83.7. The van der Waals surface area contributed by atoms with E-state index in [1.54, 1.807) is 13.8 Å². The number of unbranched alkanes of at least 4 members (excludes halogenated alkanes) is 1. The average molecular weight is 1910 g/mol. The second-order valence-corrected chi connectivity index (χ2v) is 43.4. The maximum atomic E-state index is 12.0. The summed E-state index contributed by atoms with van der Waals surface area (Å²) in [6, 6.07) is -1.40. The average Bonchev–Trinajstić information content (AvgIpc) is 1.72. The number of carboxylic acid groups (broad SMARTS) is 2. The van der Waals surface area contributed by atoms with E-state index in [0.29, 0.717) is 95.0 Å². The van der Waals surface area contributed by atoms with Gasteiger partial charge < -0.3 is 68.3 Å². The lowest BCUT2D eigenvalue weighted by Crippen LogP contribution is -2.47. The van der Waals surface area contributed by atoms with Gasteiger partial charge in [-0.3, -0.25) is 43.2 Å². The summed E-state index contributed by atoms with van der Waals surface area (Å²) in [5.74, 6) is 7.65. The summed E-state index contributed by atoms with van der Waals surface area (Å²) in [6.07, 6.45) is 12.1. The third-order valence-electron chi connectivity index (χ3n) is 18.3. The molecule has 0 aromatic heterocycles. The highest BCUT2D eigenvalue weighted by molar-refractivity contribution is 8.77. The Morgan fingerprint density at radius 3 is 1.33 bits per heavy atom. The van der Waals surface area contributed by atoms with Crippen LogP contribution in [0.2, 0.25) is 0 Å². The standard InChI is InChI=1S/C14H26N2O3S.C13H24N2O4S.C13H23NO4S2.C11H21NOS.C10H20S2.C9H19NOS2.C5H13NS.C5H12S.C4H10S.CH3O/c1-9(2)11(15)5-7-14(19)16-12(8-20)13(18)6-4-10(3)17;1-8(2)3-5-11(16)10(7-20)15-12(17)6-4-9(14)13(18)19;1-8(2)12(14-10(4)16)7-20-19-6-11(13(17)18)5-9(3)15;1-8(2)10-5-4-6-12(10)11(13)9(3)7-14;1-9(2)5-3-4-6-10-7-8-11-12-10;1-6(2)7(5-12)10-8(11)9(3,4)13;1-4(2)5(6)3-7;1-4(2)5(3)6;1-4(2)3-5;1-2/h9,11-12,20H,4-8,15H2,1-3H3,(H,16,19);8-10,20H,3-7,14H2,1-2H3,(H,15,17)(H,18,19);8,11-12H,5-7H2,1-4H3,(H,14,16)(H,17,18);8-10,14H,4-7H2,1-3H3;9-10H,3-8H2,1-2H3;6-7,12-13H,5H2,1-4H3,(H,10,11);4-5,7H,3,6H2,1-2H3;4-6H,1-3H3;4-5H,3H2,1-2H3;1H3/q;;;;;;;;;-1/t;;11-,12-;;;;;;;/m..0......./s1. The smallest absolute Gasteiger partial charge is 0.320 e. The molecule has 0 aromatic carbocycles. The zero-order valence-electron chi connectivity index (χ0n) is 77.7. The van der Waals surface area contributed by atoms with Gasteiger partial charge in [0.15, 0.2) is 11.6 Å². The topological polar surface area (TPSA) is 381 Å². The number of nitrogens with zero attached hydrogens (tertiary/aromatic N) is 1. The molecule has 2 rings (SSSR count).